The fourth-order valence-electron chi connectivity index (χ4n) is 2.73. The van der Waals surface area contributed by atoms with Gasteiger partial charge in [-0.25, -0.2) is 8.42 Å². The molecule has 0 unspecified atom stereocenters. The number of likely N-dealkylation sites (N-methyl/N-ethyl adjacent to an activating group) is 1. The van der Waals surface area contributed by atoms with Gasteiger partial charge in [-0.05, 0) is 35.7 Å². The minimum Gasteiger partial charge on any atom is -0.299 e. The summed E-state index contributed by atoms with van der Waals surface area (Å²) in [5.41, 5.74) is 2.46. The van der Waals surface area contributed by atoms with Gasteiger partial charge in [0.1, 0.15) is 5.01 Å². The van der Waals surface area contributed by atoms with Crippen molar-refractivity contribution in [3.8, 4) is 16.6 Å². The van der Waals surface area contributed by atoms with Gasteiger partial charge in [-0.15, -0.1) is 10.2 Å². The zero-order valence-electron chi connectivity index (χ0n) is 17.2. The molecule has 1 amide bonds. The molecule has 1 N–H and O–H groups in total. The predicted octanol–water partition coefficient (Wildman–Crippen LogP) is 3.46. The molecular formula is C21H21N5O3S2. The fourth-order valence-corrected chi connectivity index (χ4v) is 4.62. The molecule has 0 bridgehead atoms. The molecule has 0 radical (unpaired) electrons. The molecule has 0 aliphatic rings. The maximum absolute atomic E-state index is 12.6. The van der Waals surface area contributed by atoms with E-state index in [0.717, 1.165) is 9.87 Å². The van der Waals surface area contributed by atoms with Crippen LogP contribution in [0.1, 0.15) is 30.9 Å². The Kier molecular flexibility index (Phi) is 6.80. The Balaban J connectivity index is 1.64. The lowest BCUT2D eigenvalue weighted by Gasteiger charge is -2.16. The SMILES string of the molecule is CC(C)c1ccc(-c2nnc(NC(=O)CN(C)S(=O)(=O)c3ccc(C#N)cc3)s2)cc1. The van der Waals surface area contributed by atoms with Gasteiger partial charge in [-0.3, -0.25) is 10.1 Å². The third kappa shape index (κ3) is 5.32. The summed E-state index contributed by atoms with van der Waals surface area (Å²) in [4.78, 5) is 12.3. The van der Waals surface area contributed by atoms with E-state index in [9.17, 15) is 13.2 Å². The first-order valence-electron chi connectivity index (χ1n) is 9.41. The van der Waals surface area contributed by atoms with Crippen molar-refractivity contribution in [2.45, 2.75) is 24.7 Å². The quantitative estimate of drug-likeness (QED) is 0.583. The van der Waals surface area contributed by atoms with E-state index in [1.165, 1.54) is 48.2 Å². The predicted molar refractivity (Wildman–Crippen MR) is 119 cm³/mol. The molecule has 0 fully saturated rings. The smallest absolute Gasteiger partial charge is 0.243 e. The minimum atomic E-state index is -3.87. The first-order valence-corrected chi connectivity index (χ1v) is 11.7. The van der Waals surface area contributed by atoms with Gasteiger partial charge in [0.05, 0.1) is 23.1 Å². The minimum absolute atomic E-state index is 0.00449. The van der Waals surface area contributed by atoms with Gasteiger partial charge in [0.25, 0.3) is 0 Å². The summed E-state index contributed by atoms with van der Waals surface area (Å²) in [5.74, 6) is -0.103. The van der Waals surface area contributed by atoms with E-state index in [4.69, 9.17) is 5.26 Å². The highest BCUT2D eigenvalue weighted by molar-refractivity contribution is 7.89. The summed E-state index contributed by atoms with van der Waals surface area (Å²) in [7, 11) is -2.56. The monoisotopic (exact) mass is 455 g/mol. The largest absolute Gasteiger partial charge is 0.299 e. The van der Waals surface area contributed by atoms with E-state index in [2.05, 4.69) is 29.4 Å². The molecule has 0 saturated carbocycles. The van der Waals surface area contributed by atoms with Crippen LogP contribution in [0.3, 0.4) is 0 Å². The van der Waals surface area contributed by atoms with E-state index in [1.54, 1.807) is 0 Å². The zero-order chi connectivity index (χ0) is 22.6. The molecule has 0 aliphatic heterocycles. The molecule has 0 aliphatic carbocycles. The van der Waals surface area contributed by atoms with Gasteiger partial charge in [0.15, 0.2) is 0 Å². The summed E-state index contributed by atoms with van der Waals surface area (Å²) in [6.45, 7) is 3.85. The van der Waals surface area contributed by atoms with Gasteiger partial charge >= 0.3 is 0 Å². The van der Waals surface area contributed by atoms with E-state index in [-0.39, 0.29) is 16.6 Å². The standard InChI is InChI=1S/C21H21N5O3S2/c1-14(2)16-6-8-17(9-7-16)20-24-25-21(30-20)23-19(27)13-26(3)31(28,29)18-10-4-15(12-22)5-11-18/h4-11,14H,13H2,1-3H3,(H,23,25,27). The first-order chi connectivity index (χ1) is 14.7. The van der Waals surface area contributed by atoms with Crippen LogP contribution in [0.4, 0.5) is 5.13 Å². The number of nitrogens with zero attached hydrogens (tertiary/aromatic N) is 4. The van der Waals surface area contributed by atoms with Crippen LogP contribution >= 0.6 is 11.3 Å². The summed E-state index contributed by atoms with van der Waals surface area (Å²) in [5, 5.41) is 20.4. The van der Waals surface area contributed by atoms with Gasteiger partial charge < -0.3 is 0 Å². The molecule has 160 valence electrons. The van der Waals surface area contributed by atoms with E-state index < -0.39 is 15.9 Å². The van der Waals surface area contributed by atoms with Crippen molar-refractivity contribution in [3.63, 3.8) is 0 Å². The molecule has 8 nitrogen and oxygen atoms in total. The number of hydrogen-bond acceptors (Lipinski definition) is 7. The average molecular weight is 456 g/mol. The van der Waals surface area contributed by atoms with Crippen LogP contribution < -0.4 is 5.32 Å². The lowest BCUT2D eigenvalue weighted by molar-refractivity contribution is -0.116. The van der Waals surface area contributed by atoms with Crippen LogP contribution in [-0.4, -0.2) is 42.4 Å². The number of hydrogen-bond donors (Lipinski definition) is 1. The van der Waals surface area contributed by atoms with E-state index >= 15 is 0 Å². The van der Waals surface area contributed by atoms with Crippen molar-refractivity contribution in [1.29, 1.82) is 5.26 Å². The van der Waals surface area contributed by atoms with Gasteiger partial charge in [0.2, 0.25) is 21.1 Å². The second-order valence-corrected chi connectivity index (χ2v) is 10.2. The molecule has 0 atom stereocenters. The van der Waals surface area contributed by atoms with Gasteiger partial charge in [0, 0.05) is 12.6 Å². The molecule has 0 saturated heterocycles. The molecule has 2 aromatic carbocycles. The topological polar surface area (TPSA) is 116 Å². The van der Waals surface area contributed by atoms with Crippen molar-refractivity contribution in [2.24, 2.45) is 0 Å². The molecule has 31 heavy (non-hydrogen) atoms. The summed E-state index contributed by atoms with van der Waals surface area (Å²) in [6.07, 6.45) is 0. The normalized spacial score (nSPS) is 11.5. The molecule has 1 aromatic heterocycles. The first kappa shape index (κ1) is 22.6. The number of sulfonamides is 1. The van der Waals surface area contributed by atoms with E-state index in [0.29, 0.717) is 16.5 Å². The Morgan fingerprint density at radius 1 is 1.13 bits per heavy atom. The van der Waals surface area contributed by atoms with Crippen LogP contribution in [0, 0.1) is 11.3 Å². The molecule has 10 heteroatoms. The Labute approximate surface area is 185 Å². The van der Waals surface area contributed by atoms with Crippen LogP contribution in [0.5, 0.6) is 0 Å². The highest BCUT2D eigenvalue weighted by atomic mass is 32.2. The van der Waals surface area contributed by atoms with Gasteiger partial charge in [-0.2, -0.15) is 9.57 Å². The number of rotatable bonds is 7. The second kappa shape index (κ2) is 9.34. The number of benzene rings is 2. The summed E-state index contributed by atoms with van der Waals surface area (Å²) >= 11 is 1.21. The van der Waals surface area contributed by atoms with Crippen molar-refractivity contribution in [3.05, 3.63) is 59.7 Å². The summed E-state index contributed by atoms with van der Waals surface area (Å²) < 4.78 is 26.2. The maximum Gasteiger partial charge on any atom is 0.243 e. The zero-order valence-corrected chi connectivity index (χ0v) is 18.9. The number of nitriles is 1. The fraction of sp³-hybridized carbons (Fsp3) is 0.238. The number of anilines is 1. The van der Waals surface area contributed by atoms with Crippen LogP contribution in [0.25, 0.3) is 10.6 Å². The number of nitrogens with one attached hydrogen (secondary N) is 1. The number of aromatic nitrogens is 2. The van der Waals surface area contributed by atoms with Crippen molar-refractivity contribution in [1.82, 2.24) is 14.5 Å². The Morgan fingerprint density at radius 3 is 2.35 bits per heavy atom. The molecule has 0 spiro atoms. The number of carbonyl (C=O) groups excluding carboxylic acids is 1. The average Bonchev–Trinajstić information content (AvgIpc) is 3.22. The van der Waals surface area contributed by atoms with Crippen molar-refractivity contribution >= 4 is 32.4 Å². The van der Waals surface area contributed by atoms with Crippen LogP contribution in [0.15, 0.2) is 53.4 Å². The lowest BCUT2D eigenvalue weighted by atomic mass is 10.0. The Hall–Kier alpha value is -3.13. The molecular weight excluding hydrogens is 434 g/mol. The third-order valence-electron chi connectivity index (χ3n) is 4.55. The molecule has 3 aromatic rings. The third-order valence-corrected chi connectivity index (χ3v) is 7.26. The molecule has 1 heterocycles. The second-order valence-electron chi connectivity index (χ2n) is 7.13. The van der Waals surface area contributed by atoms with Crippen molar-refractivity contribution < 1.29 is 13.2 Å². The summed E-state index contributed by atoms with van der Waals surface area (Å²) in [6, 6.07) is 15.4. The lowest BCUT2D eigenvalue weighted by Crippen LogP contribution is -2.34. The highest BCUT2D eigenvalue weighted by Gasteiger charge is 2.23. The Bertz CT molecular complexity index is 1210. The van der Waals surface area contributed by atoms with Crippen LogP contribution in [0.2, 0.25) is 0 Å². The van der Waals surface area contributed by atoms with E-state index in [1.807, 2.05) is 30.3 Å². The Morgan fingerprint density at radius 2 is 1.77 bits per heavy atom. The maximum atomic E-state index is 12.6. The molecule has 3 rings (SSSR count). The number of amides is 1. The van der Waals surface area contributed by atoms with Crippen molar-refractivity contribution in [2.75, 3.05) is 18.9 Å². The van der Waals surface area contributed by atoms with Crippen LogP contribution in [-0.2, 0) is 14.8 Å². The van der Waals surface area contributed by atoms with Gasteiger partial charge in [-0.1, -0.05) is 49.4 Å². The highest BCUT2D eigenvalue weighted by Crippen LogP contribution is 2.27. The number of carbonyl (C=O) groups is 1.